The molecule has 0 spiro atoms. The first-order valence-electron chi connectivity index (χ1n) is 13.1. The first-order valence-corrected chi connectivity index (χ1v) is 14.7. The number of carbonyl (C=O) groups excluding carboxylic acids is 1. The van der Waals surface area contributed by atoms with Crippen LogP contribution in [0.3, 0.4) is 0 Å². The highest BCUT2D eigenvalue weighted by atomic mass is 32.2. The molecule has 2 aliphatic carbocycles. The average molecular weight is 548 g/mol. The van der Waals surface area contributed by atoms with Gasteiger partial charge in [-0.15, -0.1) is 0 Å². The monoisotopic (exact) mass is 547 g/mol. The molecule has 13 heteroatoms. The van der Waals surface area contributed by atoms with Crippen LogP contribution in [0.2, 0.25) is 0 Å². The molecule has 1 saturated carbocycles. The van der Waals surface area contributed by atoms with Crippen molar-refractivity contribution in [2.45, 2.75) is 89.1 Å². The number of ether oxygens (including phenoxy) is 2. The van der Waals surface area contributed by atoms with E-state index in [1.807, 2.05) is 6.92 Å². The van der Waals surface area contributed by atoms with Crippen molar-refractivity contribution < 1.29 is 23.6 Å². The van der Waals surface area contributed by atoms with Gasteiger partial charge in [-0.1, -0.05) is 0 Å². The van der Waals surface area contributed by atoms with Crippen molar-refractivity contribution >= 4 is 21.7 Å². The zero-order valence-corrected chi connectivity index (χ0v) is 23.1. The number of aliphatic hydroxyl groups is 1. The smallest absolute Gasteiger partial charge is 0.407 e. The fourth-order valence-corrected chi connectivity index (χ4v) is 6.08. The highest BCUT2D eigenvalue weighted by Crippen LogP contribution is 2.44. The van der Waals surface area contributed by atoms with Gasteiger partial charge in [-0.25, -0.2) is 18.8 Å². The van der Waals surface area contributed by atoms with Crippen molar-refractivity contribution in [2.24, 2.45) is 15.4 Å². The lowest BCUT2D eigenvalue weighted by molar-refractivity contribution is 0.0502. The van der Waals surface area contributed by atoms with Crippen molar-refractivity contribution in [1.29, 1.82) is 0 Å². The summed E-state index contributed by atoms with van der Waals surface area (Å²) in [7, 11) is -3.53. The number of alkyl carbamates (subject to hydrolysis) is 1. The predicted molar refractivity (Wildman–Crippen MR) is 141 cm³/mol. The number of carbonyl (C=O) groups is 1. The molecule has 1 fully saturated rings. The van der Waals surface area contributed by atoms with Gasteiger partial charge in [0.15, 0.2) is 0 Å². The van der Waals surface area contributed by atoms with E-state index in [0.717, 1.165) is 60.3 Å². The average Bonchev–Trinajstić information content (AvgIpc) is 3.39. The molecule has 5 N–H and O–H groups in total. The van der Waals surface area contributed by atoms with E-state index in [4.69, 9.17) is 19.6 Å². The van der Waals surface area contributed by atoms with Crippen LogP contribution in [0.15, 0.2) is 15.5 Å². The van der Waals surface area contributed by atoms with Gasteiger partial charge >= 0.3 is 6.09 Å². The molecule has 3 aliphatic rings. The number of fused-ring (bicyclic) bond motifs is 2. The van der Waals surface area contributed by atoms with Crippen LogP contribution in [0.4, 0.5) is 10.5 Å². The third kappa shape index (κ3) is 5.74. The first kappa shape index (κ1) is 26.7. The molecule has 5 rings (SSSR count). The maximum absolute atomic E-state index is 13.4. The van der Waals surface area contributed by atoms with E-state index in [0.29, 0.717) is 19.0 Å². The second-order valence-corrected chi connectivity index (χ2v) is 13.1. The number of hydrogen-bond acceptors (Lipinski definition) is 9. The van der Waals surface area contributed by atoms with E-state index >= 15 is 0 Å². The minimum absolute atomic E-state index is 0.0711. The van der Waals surface area contributed by atoms with Gasteiger partial charge in [0.25, 0.3) is 0 Å². The fourth-order valence-electron chi connectivity index (χ4n) is 5.01. The van der Waals surface area contributed by atoms with Crippen molar-refractivity contribution in [2.75, 3.05) is 18.5 Å². The fraction of sp³-hybridized carbons (Fsp3) is 0.640. The maximum Gasteiger partial charge on any atom is 0.407 e. The van der Waals surface area contributed by atoms with Gasteiger partial charge in [0, 0.05) is 35.5 Å². The Morgan fingerprint density at radius 3 is 2.87 bits per heavy atom. The molecule has 0 radical (unpaired) electrons. The lowest BCUT2D eigenvalue weighted by atomic mass is 10.0. The number of nitrogens with one attached hydrogen (secondary N) is 2. The van der Waals surface area contributed by atoms with E-state index < -0.39 is 28.0 Å². The molecular formula is C25H37N7O5S. The quantitative estimate of drug-likeness (QED) is 0.384. The van der Waals surface area contributed by atoms with Crippen molar-refractivity contribution in [1.82, 2.24) is 20.1 Å². The molecule has 3 heterocycles. The maximum atomic E-state index is 13.4. The third-order valence-electron chi connectivity index (χ3n) is 6.89. The largest absolute Gasteiger partial charge is 0.476 e. The van der Waals surface area contributed by atoms with E-state index in [9.17, 15) is 14.1 Å². The van der Waals surface area contributed by atoms with Gasteiger partial charge in [0.2, 0.25) is 12.2 Å². The number of pyridine rings is 1. The summed E-state index contributed by atoms with van der Waals surface area (Å²) < 4.78 is 30.1. The molecule has 1 aliphatic heterocycles. The Bertz CT molecular complexity index is 1350. The summed E-state index contributed by atoms with van der Waals surface area (Å²) in [5.41, 5.74) is 4.45. The minimum atomic E-state index is -3.53. The molecule has 1 amide bonds. The number of aromatic nitrogens is 3. The molecule has 2 aromatic rings. The highest BCUT2D eigenvalue weighted by molar-refractivity contribution is 7.91. The number of nitrogens with two attached hydrogens (primary N) is 1. The molecular weight excluding hydrogens is 510 g/mol. The van der Waals surface area contributed by atoms with Crippen LogP contribution in [-0.4, -0.2) is 55.3 Å². The second kappa shape index (κ2) is 10.0. The van der Waals surface area contributed by atoms with Gasteiger partial charge in [-0.3, -0.25) is 4.98 Å². The predicted octanol–water partition coefficient (Wildman–Crippen LogP) is 2.57. The van der Waals surface area contributed by atoms with E-state index in [1.165, 1.54) is 6.20 Å². The minimum Gasteiger partial charge on any atom is -0.476 e. The lowest BCUT2D eigenvalue weighted by Gasteiger charge is -2.26. The van der Waals surface area contributed by atoms with Crippen LogP contribution in [0.5, 0.6) is 5.88 Å². The summed E-state index contributed by atoms with van der Waals surface area (Å²) in [6.07, 6.45) is 4.41. The Balaban J connectivity index is 1.29. The molecule has 3 atom stereocenters. The number of rotatable bonds is 7. The molecule has 12 nitrogen and oxygen atoms in total. The van der Waals surface area contributed by atoms with Gasteiger partial charge in [-0.2, -0.15) is 9.46 Å². The number of aliphatic hydroxyl groups excluding tert-OH is 1. The van der Waals surface area contributed by atoms with Crippen molar-refractivity contribution in [3.63, 3.8) is 0 Å². The van der Waals surface area contributed by atoms with Crippen LogP contribution >= 0.6 is 0 Å². The van der Waals surface area contributed by atoms with Crippen LogP contribution in [0.1, 0.15) is 68.5 Å². The number of anilines is 1. The normalized spacial score (nSPS) is 20.9. The van der Waals surface area contributed by atoms with Crippen LogP contribution in [0.25, 0.3) is 0 Å². The van der Waals surface area contributed by atoms with Crippen LogP contribution < -0.4 is 20.5 Å². The zero-order chi connectivity index (χ0) is 27.2. The Kier molecular flexibility index (Phi) is 7.03. The molecule has 3 unspecified atom stereocenters. The molecule has 0 saturated heterocycles. The zero-order valence-electron chi connectivity index (χ0n) is 22.3. The molecule has 38 heavy (non-hydrogen) atoms. The Labute approximate surface area is 223 Å². The molecule has 0 bridgehead atoms. The summed E-state index contributed by atoms with van der Waals surface area (Å²) in [4.78, 5) is 17.0. The lowest BCUT2D eigenvalue weighted by Crippen LogP contribution is -2.39. The molecule has 2 aromatic heterocycles. The number of aryl methyl sites for hydroxylation is 1. The summed E-state index contributed by atoms with van der Waals surface area (Å²) in [5, 5.41) is 27.0. The van der Waals surface area contributed by atoms with Gasteiger partial charge in [0.1, 0.15) is 20.4 Å². The summed E-state index contributed by atoms with van der Waals surface area (Å²) in [6.45, 7) is 8.41. The highest BCUT2D eigenvalue weighted by Gasteiger charge is 2.32. The Morgan fingerprint density at radius 2 is 2.16 bits per heavy atom. The Hall–Kier alpha value is -2.90. The van der Waals surface area contributed by atoms with E-state index in [-0.39, 0.29) is 23.3 Å². The number of hydrogen-bond donors (Lipinski definition) is 4. The van der Waals surface area contributed by atoms with Crippen LogP contribution in [0, 0.1) is 12.8 Å². The topological polar surface area (TPSA) is 166 Å². The van der Waals surface area contributed by atoms with Crippen molar-refractivity contribution in [3.8, 4) is 5.88 Å². The SMILES string of the molecule is Cc1c(C2CC2)nc2c(c1NC(O)N=S(N)(=O)c1cnn3c1OCC(CNC(=O)OC(C)(C)C)C3)CCC2. The summed E-state index contributed by atoms with van der Waals surface area (Å²) in [6, 6.07) is 0. The third-order valence-corrected chi connectivity index (χ3v) is 8.32. The van der Waals surface area contributed by atoms with Crippen molar-refractivity contribution in [3.05, 3.63) is 28.7 Å². The van der Waals surface area contributed by atoms with Gasteiger partial charge in [0.05, 0.1) is 19.3 Å². The molecule has 0 aromatic carbocycles. The number of amides is 1. The number of nitrogens with zero attached hydrogens (tertiary/aromatic N) is 4. The summed E-state index contributed by atoms with van der Waals surface area (Å²) >= 11 is 0. The molecule has 208 valence electrons. The standard InChI is InChI=1S/C25H37N7O5S/c1-14-20(16-8-9-16)29-18-7-5-6-17(18)21(14)30-23(33)31-38(26,35)19-11-28-32-12-15(13-36-22(19)32)10-27-24(34)37-25(2,3)4/h11,15-16,23,33H,5-10,12-13H2,1-4H3,(H,27,34)(H,29,30)(H2,26,31,35). The summed E-state index contributed by atoms with van der Waals surface area (Å²) in [5.74, 6) is 0.644. The van der Waals surface area contributed by atoms with Gasteiger partial charge < -0.3 is 25.2 Å². The Morgan fingerprint density at radius 1 is 1.39 bits per heavy atom. The second-order valence-electron chi connectivity index (χ2n) is 11.3. The van der Waals surface area contributed by atoms with Gasteiger partial charge in [-0.05, 0) is 70.9 Å². The first-order chi connectivity index (χ1) is 17.9. The van der Waals surface area contributed by atoms with E-state index in [1.54, 1.807) is 25.5 Å². The van der Waals surface area contributed by atoms with Crippen LogP contribution in [-0.2, 0) is 34.0 Å². The van der Waals surface area contributed by atoms with E-state index in [2.05, 4.69) is 20.1 Å².